The third-order valence-electron chi connectivity index (χ3n) is 3.19. The quantitative estimate of drug-likeness (QED) is 0.899. The molecule has 5 heteroatoms. The van der Waals surface area contributed by atoms with Crippen molar-refractivity contribution >= 4 is 29.0 Å². The van der Waals surface area contributed by atoms with Crippen LogP contribution in [0.4, 0.5) is 0 Å². The van der Waals surface area contributed by atoms with E-state index in [1.165, 1.54) is 10.4 Å². The van der Waals surface area contributed by atoms with Crippen molar-refractivity contribution in [3.63, 3.8) is 0 Å². The van der Waals surface area contributed by atoms with Crippen LogP contribution < -0.4 is 5.73 Å². The SMILES string of the molecule is CC(CN)CSCC(=O)N1CCc2sccc2C1. The van der Waals surface area contributed by atoms with Gasteiger partial charge in [-0.2, -0.15) is 11.8 Å². The largest absolute Gasteiger partial charge is 0.337 e. The normalized spacial score (nSPS) is 16.4. The van der Waals surface area contributed by atoms with E-state index in [-0.39, 0.29) is 5.91 Å². The van der Waals surface area contributed by atoms with Crippen molar-refractivity contribution in [1.82, 2.24) is 4.90 Å². The van der Waals surface area contributed by atoms with Crippen LogP contribution >= 0.6 is 23.1 Å². The highest BCUT2D eigenvalue weighted by Crippen LogP contribution is 2.24. The Hall–Kier alpha value is -0.520. The predicted octanol–water partition coefficient (Wildman–Crippen LogP) is 1.96. The Morgan fingerprint density at radius 2 is 2.50 bits per heavy atom. The van der Waals surface area contributed by atoms with Gasteiger partial charge in [0.25, 0.3) is 0 Å². The van der Waals surface area contributed by atoms with E-state index in [1.54, 1.807) is 23.1 Å². The zero-order valence-electron chi connectivity index (χ0n) is 10.7. The van der Waals surface area contributed by atoms with Crippen molar-refractivity contribution in [2.45, 2.75) is 19.9 Å². The molecule has 2 N–H and O–H groups in total. The molecule has 1 amide bonds. The van der Waals surface area contributed by atoms with E-state index >= 15 is 0 Å². The molecule has 1 aliphatic rings. The van der Waals surface area contributed by atoms with E-state index in [0.717, 1.165) is 25.3 Å². The second kappa shape index (κ2) is 6.59. The minimum absolute atomic E-state index is 0.265. The summed E-state index contributed by atoms with van der Waals surface area (Å²) in [5.41, 5.74) is 6.90. The third kappa shape index (κ3) is 3.49. The molecular weight excluding hydrogens is 264 g/mol. The molecule has 2 heterocycles. The van der Waals surface area contributed by atoms with Crippen LogP contribution in [0.5, 0.6) is 0 Å². The van der Waals surface area contributed by atoms with Crippen LogP contribution in [-0.2, 0) is 17.8 Å². The lowest BCUT2D eigenvalue weighted by Gasteiger charge is -2.27. The second-order valence-corrected chi connectivity index (χ2v) is 6.82. The summed E-state index contributed by atoms with van der Waals surface area (Å²) in [4.78, 5) is 15.5. The van der Waals surface area contributed by atoms with E-state index < -0.39 is 0 Å². The van der Waals surface area contributed by atoms with E-state index in [1.807, 2.05) is 4.90 Å². The molecule has 2 rings (SSSR count). The summed E-state index contributed by atoms with van der Waals surface area (Å²) < 4.78 is 0. The fraction of sp³-hybridized carbons (Fsp3) is 0.615. The fourth-order valence-electron chi connectivity index (χ4n) is 1.97. The first-order chi connectivity index (χ1) is 8.70. The maximum atomic E-state index is 12.1. The first kappa shape index (κ1) is 13.9. The maximum absolute atomic E-state index is 12.1. The lowest BCUT2D eigenvalue weighted by atomic mass is 10.1. The molecule has 0 aliphatic carbocycles. The van der Waals surface area contributed by atoms with Gasteiger partial charge in [0.2, 0.25) is 5.91 Å². The topological polar surface area (TPSA) is 46.3 Å². The van der Waals surface area contributed by atoms with Gasteiger partial charge in [-0.15, -0.1) is 11.3 Å². The Balaban J connectivity index is 1.77. The van der Waals surface area contributed by atoms with Crippen molar-refractivity contribution < 1.29 is 4.79 Å². The Labute approximate surface area is 117 Å². The molecule has 0 fully saturated rings. The van der Waals surface area contributed by atoms with Gasteiger partial charge in [-0.3, -0.25) is 4.79 Å². The molecular formula is C13H20N2OS2. The van der Waals surface area contributed by atoms with Gasteiger partial charge in [-0.05, 0) is 41.6 Å². The minimum atomic E-state index is 0.265. The highest BCUT2D eigenvalue weighted by Gasteiger charge is 2.21. The minimum Gasteiger partial charge on any atom is -0.337 e. The van der Waals surface area contributed by atoms with Crippen molar-refractivity contribution in [2.75, 3.05) is 24.6 Å². The molecule has 0 spiro atoms. The van der Waals surface area contributed by atoms with Gasteiger partial charge in [0, 0.05) is 18.0 Å². The maximum Gasteiger partial charge on any atom is 0.232 e. The molecule has 18 heavy (non-hydrogen) atoms. The second-order valence-electron chi connectivity index (χ2n) is 4.79. The van der Waals surface area contributed by atoms with Gasteiger partial charge in [0.05, 0.1) is 5.75 Å². The number of nitrogens with zero attached hydrogens (tertiary/aromatic N) is 1. The summed E-state index contributed by atoms with van der Waals surface area (Å²) in [5.74, 6) is 2.32. The van der Waals surface area contributed by atoms with Crippen LogP contribution in [0.1, 0.15) is 17.4 Å². The third-order valence-corrected chi connectivity index (χ3v) is 5.47. The van der Waals surface area contributed by atoms with Gasteiger partial charge >= 0.3 is 0 Å². The van der Waals surface area contributed by atoms with Crippen LogP contribution in [0.2, 0.25) is 0 Å². The number of hydrogen-bond acceptors (Lipinski definition) is 4. The molecule has 1 aromatic rings. The number of nitrogens with two attached hydrogens (primary N) is 1. The van der Waals surface area contributed by atoms with Crippen LogP contribution in [0.15, 0.2) is 11.4 Å². The zero-order valence-corrected chi connectivity index (χ0v) is 12.4. The molecule has 100 valence electrons. The number of carbonyl (C=O) groups is 1. The van der Waals surface area contributed by atoms with E-state index in [4.69, 9.17) is 5.73 Å². The Bertz CT molecular complexity index is 405. The molecule has 0 radical (unpaired) electrons. The van der Waals surface area contributed by atoms with E-state index in [2.05, 4.69) is 18.4 Å². The number of carbonyl (C=O) groups excluding carboxylic acids is 1. The van der Waals surface area contributed by atoms with Crippen LogP contribution in [0.3, 0.4) is 0 Å². The Morgan fingerprint density at radius 1 is 1.67 bits per heavy atom. The molecule has 1 atom stereocenters. The highest BCUT2D eigenvalue weighted by atomic mass is 32.2. The van der Waals surface area contributed by atoms with Gasteiger partial charge in [-0.1, -0.05) is 6.92 Å². The summed E-state index contributed by atoms with van der Waals surface area (Å²) in [6.45, 7) is 4.49. The first-order valence-electron chi connectivity index (χ1n) is 6.31. The number of rotatable bonds is 5. The smallest absolute Gasteiger partial charge is 0.232 e. The number of thioether (sulfide) groups is 1. The standard InChI is InChI=1S/C13H20N2OS2/c1-10(6-14)8-17-9-13(16)15-4-2-12-11(7-15)3-5-18-12/h3,5,10H,2,4,6-9,14H2,1H3. The van der Waals surface area contributed by atoms with Gasteiger partial charge in [0.1, 0.15) is 0 Å². The lowest BCUT2D eigenvalue weighted by Crippen LogP contribution is -2.36. The van der Waals surface area contributed by atoms with Crippen molar-refractivity contribution in [2.24, 2.45) is 11.7 Å². The summed E-state index contributed by atoms with van der Waals surface area (Å²) in [6.07, 6.45) is 1.02. The predicted molar refractivity (Wildman–Crippen MR) is 79.0 cm³/mol. The molecule has 0 saturated carbocycles. The number of amides is 1. The summed E-state index contributed by atoms with van der Waals surface area (Å²) in [5, 5.41) is 2.12. The van der Waals surface area contributed by atoms with Crippen molar-refractivity contribution in [3.8, 4) is 0 Å². The molecule has 0 saturated heterocycles. The molecule has 1 unspecified atom stereocenters. The Morgan fingerprint density at radius 3 is 3.28 bits per heavy atom. The van der Waals surface area contributed by atoms with E-state index in [9.17, 15) is 4.79 Å². The molecule has 1 aliphatic heterocycles. The van der Waals surface area contributed by atoms with Crippen LogP contribution in [0, 0.1) is 5.92 Å². The van der Waals surface area contributed by atoms with E-state index in [0.29, 0.717) is 18.2 Å². The average Bonchev–Trinajstić information content (AvgIpc) is 2.85. The highest BCUT2D eigenvalue weighted by molar-refractivity contribution is 7.99. The van der Waals surface area contributed by atoms with Crippen molar-refractivity contribution in [1.29, 1.82) is 0 Å². The fourth-order valence-corrected chi connectivity index (χ4v) is 3.87. The molecule has 0 aromatic carbocycles. The van der Waals surface area contributed by atoms with Gasteiger partial charge < -0.3 is 10.6 Å². The summed E-state index contributed by atoms with van der Waals surface area (Å²) >= 11 is 3.51. The van der Waals surface area contributed by atoms with Crippen molar-refractivity contribution in [3.05, 3.63) is 21.9 Å². The first-order valence-corrected chi connectivity index (χ1v) is 8.35. The number of thiophene rings is 1. The monoisotopic (exact) mass is 284 g/mol. The zero-order chi connectivity index (χ0) is 13.0. The summed E-state index contributed by atoms with van der Waals surface area (Å²) in [7, 11) is 0. The average molecular weight is 284 g/mol. The number of hydrogen-bond donors (Lipinski definition) is 1. The molecule has 3 nitrogen and oxygen atoms in total. The molecule has 0 bridgehead atoms. The van der Waals surface area contributed by atoms with Crippen LogP contribution in [0.25, 0.3) is 0 Å². The van der Waals surface area contributed by atoms with Gasteiger partial charge in [-0.25, -0.2) is 0 Å². The summed E-state index contributed by atoms with van der Waals surface area (Å²) in [6, 6.07) is 2.14. The van der Waals surface area contributed by atoms with Gasteiger partial charge in [0.15, 0.2) is 0 Å². The number of fused-ring (bicyclic) bond motifs is 1. The lowest BCUT2D eigenvalue weighted by molar-refractivity contribution is -0.129. The Kier molecular flexibility index (Phi) is 5.09. The molecule has 1 aromatic heterocycles. The van der Waals surface area contributed by atoms with Crippen LogP contribution in [-0.4, -0.2) is 35.4 Å².